The zero-order valence-corrected chi connectivity index (χ0v) is 15.0. The normalized spacial score (nSPS) is 10.9. The predicted molar refractivity (Wildman–Crippen MR) is 99.1 cm³/mol. The molecular formula is C20H29N3O. The molecule has 1 heterocycles. The van der Waals surface area contributed by atoms with Crippen LogP contribution in [0.5, 0.6) is 0 Å². The van der Waals surface area contributed by atoms with Crippen molar-refractivity contribution in [1.82, 2.24) is 14.8 Å². The molecule has 4 heteroatoms. The molecule has 0 N–H and O–H groups in total. The van der Waals surface area contributed by atoms with E-state index in [0.29, 0.717) is 12.2 Å². The van der Waals surface area contributed by atoms with E-state index in [1.165, 1.54) is 48.8 Å². The van der Waals surface area contributed by atoms with Crippen molar-refractivity contribution < 1.29 is 0 Å². The van der Waals surface area contributed by atoms with Crippen LogP contribution in [0, 0.1) is 6.92 Å². The van der Waals surface area contributed by atoms with E-state index in [1.54, 1.807) is 6.20 Å². The third kappa shape index (κ3) is 5.91. The lowest BCUT2D eigenvalue weighted by Crippen LogP contribution is -2.25. The van der Waals surface area contributed by atoms with Gasteiger partial charge in [0.1, 0.15) is 0 Å². The lowest BCUT2D eigenvalue weighted by Gasteiger charge is -2.06. The first kappa shape index (κ1) is 18.4. The number of nitrogens with zero attached hydrogens (tertiary/aromatic N) is 3. The zero-order chi connectivity index (χ0) is 17.2. The Bertz CT molecular complexity index is 661. The van der Waals surface area contributed by atoms with Gasteiger partial charge in [-0.2, -0.15) is 10.1 Å². The summed E-state index contributed by atoms with van der Waals surface area (Å²) in [6.07, 6.45) is 11.7. The third-order valence-corrected chi connectivity index (χ3v) is 4.33. The van der Waals surface area contributed by atoms with E-state index in [1.807, 2.05) is 31.2 Å². The molecule has 0 saturated carbocycles. The van der Waals surface area contributed by atoms with Crippen molar-refractivity contribution in [2.45, 2.75) is 71.8 Å². The fourth-order valence-electron chi connectivity index (χ4n) is 2.78. The van der Waals surface area contributed by atoms with Crippen LogP contribution in [0.2, 0.25) is 0 Å². The Morgan fingerprint density at radius 2 is 1.54 bits per heavy atom. The highest BCUT2D eigenvalue weighted by atomic mass is 16.1. The average molecular weight is 327 g/mol. The number of benzene rings is 1. The Hall–Kier alpha value is -1.97. The summed E-state index contributed by atoms with van der Waals surface area (Å²) in [6.45, 7) is 4.94. The molecule has 0 amide bonds. The van der Waals surface area contributed by atoms with Gasteiger partial charge in [0, 0.05) is 12.1 Å². The second kappa shape index (κ2) is 10.0. The highest BCUT2D eigenvalue weighted by Gasteiger charge is 2.04. The van der Waals surface area contributed by atoms with E-state index in [-0.39, 0.29) is 5.69 Å². The largest absolute Gasteiger partial charge is 0.364 e. The van der Waals surface area contributed by atoms with Crippen LogP contribution in [0.1, 0.15) is 63.9 Å². The highest BCUT2D eigenvalue weighted by Crippen LogP contribution is 2.15. The Kier molecular flexibility index (Phi) is 7.66. The maximum absolute atomic E-state index is 12.1. The van der Waals surface area contributed by atoms with Gasteiger partial charge in [-0.15, -0.1) is 0 Å². The van der Waals surface area contributed by atoms with Gasteiger partial charge in [0.25, 0.3) is 0 Å². The smallest absolute Gasteiger partial charge is 0.244 e. The van der Waals surface area contributed by atoms with E-state index in [2.05, 4.69) is 17.0 Å². The number of rotatable bonds is 10. The molecular weight excluding hydrogens is 298 g/mol. The van der Waals surface area contributed by atoms with Crippen LogP contribution in [-0.4, -0.2) is 14.8 Å². The van der Waals surface area contributed by atoms with Crippen LogP contribution >= 0.6 is 0 Å². The van der Waals surface area contributed by atoms with Gasteiger partial charge in [-0.3, -0.25) is 0 Å². The molecule has 1 aromatic carbocycles. The third-order valence-electron chi connectivity index (χ3n) is 4.33. The molecule has 24 heavy (non-hydrogen) atoms. The quantitative estimate of drug-likeness (QED) is 0.591. The van der Waals surface area contributed by atoms with Gasteiger partial charge in [0.2, 0.25) is 0 Å². The molecule has 0 atom stereocenters. The topological polar surface area (TPSA) is 47.8 Å². The summed E-state index contributed by atoms with van der Waals surface area (Å²) in [5.41, 5.74) is 2.52. The Morgan fingerprint density at radius 1 is 0.917 bits per heavy atom. The highest BCUT2D eigenvalue weighted by molar-refractivity contribution is 5.57. The van der Waals surface area contributed by atoms with Crippen molar-refractivity contribution in [2.75, 3.05) is 0 Å². The molecule has 0 aliphatic rings. The van der Waals surface area contributed by atoms with Crippen molar-refractivity contribution in [3.63, 3.8) is 0 Å². The van der Waals surface area contributed by atoms with Crippen molar-refractivity contribution in [3.05, 3.63) is 46.5 Å². The van der Waals surface area contributed by atoms with E-state index >= 15 is 0 Å². The van der Waals surface area contributed by atoms with Crippen LogP contribution in [0.3, 0.4) is 0 Å². The summed E-state index contributed by atoms with van der Waals surface area (Å²) >= 11 is 0. The van der Waals surface area contributed by atoms with E-state index in [9.17, 15) is 4.79 Å². The molecule has 4 nitrogen and oxygen atoms in total. The fraction of sp³-hybridized carbons (Fsp3) is 0.550. The summed E-state index contributed by atoms with van der Waals surface area (Å²) < 4.78 is 1.48. The number of hydrogen-bond acceptors (Lipinski definition) is 3. The number of aromatic nitrogens is 3. The molecule has 0 fully saturated rings. The molecule has 0 radical (unpaired) electrons. The molecule has 130 valence electrons. The zero-order valence-electron chi connectivity index (χ0n) is 15.0. The predicted octanol–water partition coefficient (Wildman–Crippen LogP) is 4.75. The monoisotopic (exact) mass is 327 g/mol. The first-order chi connectivity index (χ1) is 11.7. The SMILES string of the molecule is CCCCCCCCCCn1ncc(-c2ccc(C)cc2)nc1=O. The lowest BCUT2D eigenvalue weighted by molar-refractivity contribution is 0.496. The van der Waals surface area contributed by atoms with Crippen molar-refractivity contribution >= 4 is 0 Å². The molecule has 0 aliphatic heterocycles. The first-order valence-corrected chi connectivity index (χ1v) is 9.22. The molecule has 2 aromatic rings. The van der Waals surface area contributed by atoms with Crippen molar-refractivity contribution in [1.29, 1.82) is 0 Å². The molecule has 0 aliphatic carbocycles. The second-order valence-electron chi connectivity index (χ2n) is 6.49. The van der Waals surface area contributed by atoms with Gasteiger partial charge in [-0.25, -0.2) is 9.48 Å². The van der Waals surface area contributed by atoms with Crippen LogP contribution in [0.25, 0.3) is 11.3 Å². The summed E-state index contributed by atoms with van der Waals surface area (Å²) in [6, 6.07) is 7.98. The summed E-state index contributed by atoms with van der Waals surface area (Å²) in [4.78, 5) is 16.3. The van der Waals surface area contributed by atoms with E-state index in [0.717, 1.165) is 18.4 Å². The van der Waals surface area contributed by atoms with Gasteiger partial charge in [-0.05, 0) is 13.3 Å². The number of aryl methyl sites for hydroxylation is 2. The Labute approximate surface area is 145 Å². The minimum absolute atomic E-state index is 0.254. The minimum atomic E-state index is -0.254. The van der Waals surface area contributed by atoms with Crippen molar-refractivity contribution in [2.24, 2.45) is 0 Å². The molecule has 1 aromatic heterocycles. The number of unbranched alkanes of at least 4 members (excludes halogenated alkanes) is 7. The van der Waals surface area contributed by atoms with Gasteiger partial charge >= 0.3 is 5.69 Å². The summed E-state index contributed by atoms with van der Waals surface area (Å²) in [5, 5.41) is 4.28. The summed E-state index contributed by atoms with van der Waals surface area (Å²) in [5.74, 6) is 0. The number of hydrogen-bond donors (Lipinski definition) is 0. The maximum atomic E-state index is 12.1. The molecule has 0 unspecified atom stereocenters. The fourth-order valence-corrected chi connectivity index (χ4v) is 2.78. The first-order valence-electron chi connectivity index (χ1n) is 9.22. The Morgan fingerprint density at radius 3 is 2.17 bits per heavy atom. The molecule has 0 spiro atoms. The lowest BCUT2D eigenvalue weighted by atomic mass is 10.1. The van der Waals surface area contributed by atoms with Gasteiger partial charge in [0.15, 0.2) is 0 Å². The minimum Gasteiger partial charge on any atom is -0.244 e. The van der Waals surface area contributed by atoms with Crippen LogP contribution in [0.4, 0.5) is 0 Å². The average Bonchev–Trinajstić information content (AvgIpc) is 2.59. The summed E-state index contributed by atoms with van der Waals surface area (Å²) in [7, 11) is 0. The second-order valence-corrected chi connectivity index (χ2v) is 6.49. The molecule has 2 rings (SSSR count). The van der Waals surface area contributed by atoms with Gasteiger partial charge in [0.05, 0.1) is 11.9 Å². The van der Waals surface area contributed by atoms with Crippen molar-refractivity contribution in [3.8, 4) is 11.3 Å². The van der Waals surface area contributed by atoms with Crippen LogP contribution < -0.4 is 5.69 Å². The van der Waals surface area contributed by atoms with Gasteiger partial charge < -0.3 is 0 Å². The maximum Gasteiger partial charge on any atom is 0.364 e. The van der Waals surface area contributed by atoms with E-state index in [4.69, 9.17) is 0 Å². The van der Waals surface area contributed by atoms with Gasteiger partial charge in [-0.1, -0.05) is 81.7 Å². The standard InChI is InChI=1S/C20H29N3O/c1-3-4-5-6-7-8-9-10-15-23-20(24)22-19(16-21-23)18-13-11-17(2)12-14-18/h11-14,16H,3-10,15H2,1-2H3. The molecule has 0 saturated heterocycles. The van der Waals surface area contributed by atoms with Crippen LogP contribution in [0.15, 0.2) is 35.3 Å². The van der Waals surface area contributed by atoms with E-state index < -0.39 is 0 Å². The van der Waals surface area contributed by atoms with Crippen LogP contribution in [-0.2, 0) is 6.54 Å². The molecule has 0 bridgehead atoms. The Balaban J connectivity index is 1.78.